The second-order valence-corrected chi connectivity index (χ2v) is 7.12. The van der Waals surface area contributed by atoms with Crippen LogP contribution in [0.5, 0.6) is 0 Å². The minimum atomic E-state index is -0.816. The van der Waals surface area contributed by atoms with Crippen molar-refractivity contribution in [1.29, 1.82) is 0 Å². The Morgan fingerprint density at radius 1 is 1.48 bits per heavy atom. The van der Waals surface area contributed by atoms with Gasteiger partial charge in [0.15, 0.2) is 0 Å². The summed E-state index contributed by atoms with van der Waals surface area (Å²) in [5.41, 5.74) is 0.480. The van der Waals surface area contributed by atoms with Gasteiger partial charge in [-0.25, -0.2) is 4.79 Å². The molecular formula is C17H26O4. The summed E-state index contributed by atoms with van der Waals surface area (Å²) < 4.78 is 11.6. The fourth-order valence-electron chi connectivity index (χ4n) is 4.77. The molecule has 0 aromatic rings. The van der Waals surface area contributed by atoms with E-state index in [2.05, 4.69) is 13.8 Å². The summed E-state index contributed by atoms with van der Waals surface area (Å²) in [6.45, 7) is 8.69. The molecule has 0 aromatic heterocycles. The number of esters is 1. The van der Waals surface area contributed by atoms with Gasteiger partial charge in [0.1, 0.15) is 6.10 Å². The number of carbonyl (C=O) groups is 1. The number of rotatable bonds is 2. The summed E-state index contributed by atoms with van der Waals surface area (Å²) >= 11 is 0. The summed E-state index contributed by atoms with van der Waals surface area (Å²) in [4.78, 5) is 12.0. The van der Waals surface area contributed by atoms with E-state index in [4.69, 9.17) is 9.47 Å². The molecule has 118 valence electrons. The summed E-state index contributed by atoms with van der Waals surface area (Å²) in [5.74, 6) is 0.1000. The third-order valence-corrected chi connectivity index (χ3v) is 6.27. The van der Waals surface area contributed by atoms with Gasteiger partial charge in [-0.05, 0) is 32.6 Å². The van der Waals surface area contributed by atoms with Crippen LogP contribution < -0.4 is 0 Å². The van der Waals surface area contributed by atoms with Crippen LogP contribution in [-0.2, 0) is 14.3 Å². The average molecular weight is 294 g/mol. The van der Waals surface area contributed by atoms with E-state index in [0.717, 1.165) is 24.8 Å². The second kappa shape index (κ2) is 4.82. The maximum atomic E-state index is 12.0. The van der Waals surface area contributed by atoms with E-state index in [9.17, 15) is 9.90 Å². The lowest BCUT2D eigenvalue weighted by molar-refractivity contribution is -0.218. The Bertz CT molecular complexity index is 497. The topological polar surface area (TPSA) is 55.8 Å². The monoisotopic (exact) mass is 294 g/mol. The van der Waals surface area contributed by atoms with Gasteiger partial charge in [0.25, 0.3) is 0 Å². The van der Waals surface area contributed by atoms with Crippen molar-refractivity contribution < 1.29 is 19.4 Å². The molecule has 1 aliphatic heterocycles. The van der Waals surface area contributed by atoms with Crippen molar-refractivity contribution in [2.75, 3.05) is 6.61 Å². The molecule has 0 radical (unpaired) electrons. The lowest BCUT2D eigenvalue weighted by Crippen LogP contribution is -2.65. The Labute approximate surface area is 126 Å². The third kappa shape index (κ3) is 1.85. The maximum absolute atomic E-state index is 12.0. The lowest BCUT2D eigenvalue weighted by atomic mass is 9.50. The van der Waals surface area contributed by atoms with E-state index in [1.165, 1.54) is 0 Å². The molecule has 0 amide bonds. The first-order valence-electron chi connectivity index (χ1n) is 8.10. The fraction of sp³-hybridized carbons (Fsp3) is 0.824. The van der Waals surface area contributed by atoms with Gasteiger partial charge in [-0.15, -0.1) is 0 Å². The molecule has 5 atom stereocenters. The minimum absolute atomic E-state index is 0.229. The molecule has 3 aliphatic rings. The lowest BCUT2D eigenvalue weighted by Gasteiger charge is -2.59. The van der Waals surface area contributed by atoms with E-state index in [-0.39, 0.29) is 23.6 Å². The highest BCUT2D eigenvalue weighted by Gasteiger charge is 2.64. The van der Waals surface area contributed by atoms with Gasteiger partial charge < -0.3 is 14.6 Å². The van der Waals surface area contributed by atoms with Crippen LogP contribution >= 0.6 is 0 Å². The Morgan fingerprint density at radius 2 is 2.19 bits per heavy atom. The number of carbonyl (C=O) groups excluding carboxylic acids is 1. The highest BCUT2D eigenvalue weighted by atomic mass is 16.6. The number of hydrogen-bond donors (Lipinski definition) is 1. The largest absolute Gasteiger partial charge is 0.454 e. The van der Waals surface area contributed by atoms with Crippen molar-refractivity contribution in [2.45, 2.75) is 71.2 Å². The molecule has 0 aromatic carbocycles. The molecule has 21 heavy (non-hydrogen) atoms. The van der Waals surface area contributed by atoms with E-state index in [1.807, 2.05) is 13.8 Å². The van der Waals surface area contributed by atoms with Crippen molar-refractivity contribution in [2.24, 2.45) is 11.3 Å². The van der Waals surface area contributed by atoms with Crippen LogP contribution in [-0.4, -0.2) is 35.5 Å². The van der Waals surface area contributed by atoms with Gasteiger partial charge in [0.05, 0.1) is 11.7 Å². The Kier molecular flexibility index (Phi) is 3.45. The zero-order valence-electron chi connectivity index (χ0n) is 13.4. The summed E-state index contributed by atoms with van der Waals surface area (Å²) in [6.07, 6.45) is 2.84. The van der Waals surface area contributed by atoms with Gasteiger partial charge >= 0.3 is 5.97 Å². The quantitative estimate of drug-likeness (QED) is 0.795. The molecule has 1 N–H and O–H groups in total. The molecule has 4 heteroatoms. The van der Waals surface area contributed by atoms with Crippen LogP contribution in [0.25, 0.3) is 0 Å². The first-order valence-corrected chi connectivity index (χ1v) is 8.10. The van der Waals surface area contributed by atoms with Crippen LogP contribution in [0.15, 0.2) is 11.1 Å². The summed E-state index contributed by atoms with van der Waals surface area (Å²) in [5, 5.41) is 11.3. The molecule has 1 heterocycles. The molecule has 0 bridgehead atoms. The first-order chi connectivity index (χ1) is 9.85. The highest BCUT2D eigenvalue weighted by molar-refractivity contribution is 5.92. The number of hydrogen-bond acceptors (Lipinski definition) is 4. The normalized spacial score (nSPS) is 46.1. The first kappa shape index (κ1) is 15.0. The standard InChI is InChI=1S/C17H26O4/c1-5-20-14-13-11(3)15(18)21-12(13)9-17(19)8-6-7-10(2)16(14,17)4/h10,12,14,19H,5-9H2,1-4H3/t10-,12-,14+,16-,17-/m0/s1. The van der Waals surface area contributed by atoms with E-state index in [1.54, 1.807) is 0 Å². The van der Waals surface area contributed by atoms with Gasteiger partial charge in [0.2, 0.25) is 0 Å². The number of ether oxygens (including phenoxy) is 2. The van der Waals surface area contributed by atoms with Gasteiger partial charge in [-0.3, -0.25) is 0 Å². The molecular weight excluding hydrogens is 268 g/mol. The second-order valence-electron chi connectivity index (χ2n) is 7.12. The van der Waals surface area contributed by atoms with Crippen molar-refractivity contribution in [3.8, 4) is 0 Å². The van der Waals surface area contributed by atoms with E-state index >= 15 is 0 Å². The number of aliphatic hydroxyl groups is 1. The third-order valence-electron chi connectivity index (χ3n) is 6.27. The molecule has 2 fully saturated rings. The van der Waals surface area contributed by atoms with Crippen LogP contribution in [0.4, 0.5) is 0 Å². The van der Waals surface area contributed by atoms with Crippen LogP contribution in [0.2, 0.25) is 0 Å². The zero-order chi connectivity index (χ0) is 15.4. The summed E-state index contributed by atoms with van der Waals surface area (Å²) in [7, 11) is 0. The molecule has 3 rings (SSSR count). The molecule has 0 spiro atoms. The summed E-state index contributed by atoms with van der Waals surface area (Å²) in [6, 6.07) is 0. The Hall–Kier alpha value is -0.870. The average Bonchev–Trinajstić information content (AvgIpc) is 2.68. The van der Waals surface area contributed by atoms with Crippen molar-refractivity contribution in [1.82, 2.24) is 0 Å². The predicted molar refractivity (Wildman–Crippen MR) is 78.7 cm³/mol. The molecule has 2 aliphatic carbocycles. The molecule has 2 saturated carbocycles. The fourth-order valence-corrected chi connectivity index (χ4v) is 4.77. The predicted octanol–water partition coefficient (Wildman–Crippen LogP) is 2.59. The molecule has 4 nitrogen and oxygen atoms in total. The molecule has 0 saturated heterocycles. The number of fused-ring (bicyclic) bond motifs is 2. The zero-order valence-corrected chi connectivity index (χ0v) is 13.4. The Morgan fingerprint density at radius 3 is 2.86 bits per heavy atom. The van der Waals surface area contributed by atoms with Gasteiger partial charge in [-0.1, -0.05) is 20.3 Å². The van der Waals surface area contributed by atoms with Crippen molar-refractivity contribution >= 4 is 5.97 Å². The molecule has 0 unspecified atom stereocenters. The smallest absolute Gasteiger partial charge is 0.334 e. The van der Waals surface area contributed by atoms with E-state index in [0.29, 0.717) is 24.5 Å². The SMILES string of the molecule is CCO[C@@H]1C2=C(C)C(=O)O[C@H]2C[C@@]2(O)CCC[C@H](C)[C@@]12C. The minimum Gasteiger partial charge on any atom is -0.454 e. The van der Waals surface area contributed by atoms with Crippen LogP contribution in [0.1, 0.15) is 53.4 Å². The van der Waals surface area contributed by atoms with Crippen LogP contribution in [0.3, 0.4) is 0 Å². The van der Waals surface area contributed by atoms with E-state index < -0.39 is 5.60 Å². The van der Waals surface area contributed by atoms with Crippen LogP contribution in [0, 0.1) is 11.3 Å². The van der Waals surface area contributed by atoms with Crippen molar-refractivity contribution in [3.63, 3.8) is 0 Å². The highest BCUT2D eigenvalue weighted by Crippen LogP contribution is 2.59. The van der Waals surface area contributed by atoms with Gasteiger partial charge in [-0.2, -0.15) is 0 Å². The maximum Gasteiger partial charge on any atom is 0.334 e. The van der Waals surface area contributed by atoms with Crippen molar-refractivity contribution in [3.05, 3.63) is 11.1 Å². The Balaban J connectivity index is 2.13. The van der Waals surface area contributed by atoms with Gasteiger partial charge in [0, 0.05) is 29.6 Å².